The van der Waals surface area contributed by atoms with E-state index in [0.717, 1.165) is 122 Å². The van der Waals surface area contributed by atoms with Crippen LogP contribution in [0.2, 0.25) is 0 Å². The summed E-state index contributed by atoms with van der Waals surface area (Å²) in [5, 5.41) is 92.0. The molecule has 6 fully saturated rings. The van der Waals surface area contributed by atoms with E-state index in [4.69, 9.17) is 61.6 Å². The van der Waals surface area contributed by atoms with Crippen LogP contribution in [-0.2, 0) is 76.0 Å². The Hall–Kier alpha value is -2.31. The van der Waals surface area contributed by atoms with Gasteiger partial charge in [-0.1, -0.05) is 143 Å². The SMILES string of the molecule is CCCCCCCCCCCC(=O)O[C@H]1[C@H](O[C@@H]2[C@H]3OC(=O)CCCCCCCCC[C@H](CCCCC)O[C@@H]4O[C@H](C)[C@H](O)[C@H](O)[C@H]4O[C@H](O[C@H]2C)[C@@H]3O)O[C@@H](C)[C@H](O[C@@H]2O[C@@H](C)[C@H](OC(=O)CCCCC)[C@@H](O)[C@H]2O)[C@H]1O[C@@H]1O[C@@H](C)[C@H](O)[C@@H](O)[C@H]1O. The largest absolute Gasteiger partial charge is 0.457 e. The highest BCUT2D eigenvalue weighted by Crippen LogP contribution is 2.39. The average Bonchev–Trinajstić information content (AvgIpc) is 1.31. The molecule has 0 aromatic heterocycles. The van der Waals surface area contributed by atoms with Gasteiger partial charge in [0.1, 0.15) is 73.2 Å². The minimum atomic E-state index is -1.90. The lowest BCUT2D eigenvalue weighted by Gasteiger charge is -2.51. The molecule has 6 aliphatic heterocycles. The highest BCUT2D eigenvalue weighted by Gasteiger charge is 2.58. The van der Waals surface area contributed by atoms with Gasteiger partial charge in [0.15, 0.2) is 49.8 Å². The summed E-state index contributed by atoms with van der Waals surface area (Å²) in [5.74, 6) is -2.02. The van der Waals surface area contributed by atoms with Crippen molar-refractivity contribution < 1.29 is 117 Å². The van der Waals surface area contributed by atoms with E-state index in [1.807, 2.05) is 6.92 Å². The third-order valence-corrected chi connectivity index (χ3v) is 18.1. The standard InChI is InChI=1S/C64H112O24/c1-9-12-15-16-17-18-21-24-30-35-44(67)84-59-58(88-60-50(73)47(70)45(68)36(4)76-60)55(85-61-51(74)49(72)53(38(6)78-61)82-42(65)33-27-14-11-3)40(8)80-64(59)86-54-39(7)79-62-52(75)56(54)83-43(66)34-29-25-22-19-20-23-28-32-41(31-26-13-10-2)81-63-57(87-62)48(71)46(69)37(5)77-63/h36-41,45-64,68-75H,9-35H2,1-8H3/t36-,37+,38-,39-,40-,41-,45-,46-,47+,48-,49-,50+,51+,52+,53-,54-,55-,56-,57+,58+,59+,60-,61-,62-,63-,64-/m0/s1. The van der Waals surface area contributed by atoms with Gasteiger partial charge in [0.25, 0.3) is 0 Å². The predicted octanol–water partition coefficient (Wildman–Crippen LogP) is 5.87. The maximum absolute atomic E-state index is 14.4. The lowest BCUT2D eigenvalue weighted by molar-refractivity contribution is -0.399. The molecule has 0 aromatic carbocycles. The summed E-state index contributed by atoms with van der Waals surface area (Å²) in [7, 11) is 0. The first-order valence-electron chi connectivity index (χ1n) is 33.8. The molecule has 24 nitrogen and oxygen atoms in total. The molecule has 0 unspecified atom stereocenters. The van der Waals surface area contributed by atoms with Crippen LogP contribution in [0.1, 0.15) is 229 Å². The van der Waals surface area contributed by atoms with Crippen LogP contribution in [0.3, 0.4) is 0 Å². The Bertz CT molecular complexity index is 1990. The fraction of sp³-hybridized carbons (Fsp3) is 0.953. The van der Waals surface area contributed by atoms with E-state index in [1.165, 1.54) is 27.2 Å². The van der Waals surface area contributed by atoms with E-state index in [2.05, 4.69) is 13.8 Å². The minimum Gasteiger partial charge on any atom is -0.457 e. The number of ether oxygens (including phenoxy) is 13. The molecule has 8 N–H and O–H groups in total. The summed E-state index contributed by atoms with van der Waals surface area (Å²) >= 11 is 0. The fourth-order valence-corrected chi connectivity index (χ4v) is 12.6. The van der Waals surface area contributed by atoms with Gasteiger partial charge in [-0.15, -0.1) is 0 Å². The van der Waals surface area contributed by atoms with E-state index in [-0.39, 0.29) is 25.4 Å². The zero-order valence-electron chi connectivity index (χ0n) is 53.7. The first-order chi connectivity index (χ1) is 42.2. The van der Waals surface area contributed by atoms with Gasteiger partial charge >= 0.3 is 17.9 Å². The molecule has 88 heavy (non-hydrogen) atoms. The Labute approximate surface area is 521 Å². The number of hydrogen-bond donors (Lipinski definition) is 8. The molecule has 0 aromatic rings. The van der Waals surface area contributed by atoms with E-state index in [0.29, 0.717) is 25.7 Å². The predicted molar refractivity (Wildman–Crippen MR) is 315 cm³/mol. The summed E-state index contributed by atoms with van der Waals surface area (Å²) in [6.45, 7) is 14.0. The smallest absolute Gasteiger partial charge is 0.306 e. The lowest BCUT2D eigenvalue weighted by atomic mass is 9.95. The van der Waals surface area contributed by atoms with Gasteiger partial charge in [-0.25, -0.2) is 0 Å². The number of aliphatic hydroxyl groups is 8. The van der Waals surface area contributed by atoms with Crippen molar-refractivity contribution in [3.63, 3.8) is 0 Å². The van der Waals surface area contributed by atoms with Crippen LogP contribution in [-0.4, -0.2) is 218 Å². The molecular formula is C64H112O24. The normalized spacial score (nSPS) is 40.9. The second-order valence-corrected chi connectivity index (χ2v) is 25.5. The van der Waals surface area contributed by atoms with Gasteiger partial charge in [-0.05, 0) is 66.7 Å². The molecule has 0 radical (unpaired) electrons. The summed E-state index contributed by atoms with van der Waals surface area (Å²) in [4.78, 5) is 41.3. The summed E-state index contributed by atoms with van der Waals surface area (Å²) in [6, 6.07) is 0. The van der Waals surface area contributed by atoms with Crippen LogP contribution in [0, 0.1) is 0 Å². The molecule has 0 amide bonds. The molecule has 6 heterocycles. The third kappa shape index (κ3) is 21.6. The van der Waals surface area contributed by atoms with Crippen LogP contribution in [0.4, 0.5) is 0 Å². The number of carbonyl (C=O) groups excluding carboxylic acids is 3. The highest BCUT2D eigenvalue weighted by atomic mass is 16.8. The number of aliphatic hydroxyl groups excluding tert-OH is 8. The molecule has 0 saturated carbocycles. The van der Waals surface area contributed by atoms with E-state index < -0.39 is 171 Å². The Morgan fingerprint density at radius 2 is 0.864 bits per heavy atom. The van der Waals surface area contributed by atoms with Crippen molar-refractivity contribution >= 4 is 17.9 Å². The van der Waals surface area contributed by atoms with Gasteiger partial charge < -0.3 is 102 Å². The molecule has 2 bridgehead atoms. The highest BCUT2D eigenvalue weighted by molar-refractivity contribution is 5.70. The van der Waals surface area contributed by atoms with Gasteiger partial charge in [0.05, 0.1) is 36.6 Å². The number of rotatable bonds is 26. The monoisotopic (exact) mass is 1260 g/mol. The first kappa shape index (κ1) is 74.7. The van der Waals surface area contributed by atoms with Gasteiger partial charge in [-0.3, -0.25) is 14.4 Å². The first-order valence-corrected chi connectivity index (χ1v) is 33.8. The van der Waals surface area contributed by atoms with Gasteiger partial charge in [0, 0.05) is 19.3 Å². The van der Waals surface area contributed by atoms with Crippen molar-refractivity contribution in [2.75, 3.05) is 0 Å². The summed E-state index contributed by atoms with van der Waals surface area (Å²) < 4.78 is 82.6. The summed E-state index contributed by atoms with van der Waals surface area (Å²) in [5.41, 5.74) is 0. The quantitative estimate of drug-likeness (QED) is 0.0285. The maximum atomic E-state index is 14.4. The second-order valence-electron chi connectivity index (χ2n) is 25.5. The van der Waals surface area contributed by atoms with E-state index in [9.17, 15) is 55.2 Å². The van der Waals surface area contributed by atoms with Crippen molar-refractivity contribution in [1.82, 2.24) is 0 Å². The van der Waals surface area contributed by atoms with Crippen LogP contribution in [0.25, 0.3) is 0 Å². The molecular weight excluding hydrogens is 1150 g/mol. The Morgan fingerprint density at radius 3 is 1.52 bits per heavy atom. The summed E-state index contributed by atoms with van der Waals surface area (Å²) in [6.07, 6.45) is -17.1. The fourth-order valence-electron chi connectivity index (χ4n) is 12.6. The minimum absolute atomic E-state index is 0.0243. The van der Waals surface area contributed by atoms with E-state index >= 15 is 0 Å². The zero-order chi connectivity index (χ0) is 64.0. The van der Waals surface area contributed by atoms with Gasteiger partial charge in [-0.2, -0.15) is 0 Å². The van der Waals surface area contributed by atoms with Crippen LogP contribution in [0.15, 0.2) is 0 Å². The molecule has 6 saturated heterocycles. The Balaban J connectivity index is 1.35. The molecule has 0 spiro atoms. The molecule has 6 aliphatic rings. The average molecular weight is 1270 g/mol. The van der Waals surface area contributed by atoms with Gasteiger partial charge in [0.2, 0.25) is 0 Å². The van der Waals surface area contributed by atoms with Crippen molar-refractivity contribution in [1.29, 1.82) is 0 Å². The molecule has 24 heteroatoms. The number of esters is 3. The van der Waals surface area contributed by atoms with E-state index in [1.54, 1.807) is 13.8 Å². The molecule has 512 valence electrons. The molecule has 6 rings (SSSR count). The van der Waals surface area contributed by atoms with Crippen molar-refractivity contribution in [2.45, 2.75) is 388 Å². The van der Waals surface area contributed by atoms with Crippen LogP contribution in [0.5, 0.6) is 0 Å². The lowest BCUT2D eigenvalue weighted by Crippen LogP contribution is -2.68. The van der Waals surface area contributed by atoms with Crippen molar-refractivity contribution in [2.24, 2.45) is 0 Å². The zero-order valence-corrected chi connectivity index (χ0v) is 53.7. The third-order valence-electron chi connectivity index (χ3n) is 18.1. The Kier molecular flexibility index (Phi) is 32.4. The number of fused-ring (bicyclic) bond motifs is 3. The topological polar surface area (TPSA) is 333 Å². The second kappa shape index (κ2) is 38.2. The van der Waals surface area contributed by atoms with Crippen molar-refractivity contribution in [3.8, 4) is 0 Å². The Morgan fingerprint density at radius 1 is 0.398 bits per heavy atom. The molecule has 26 atom stereocenters. The number of unbranched alkanes of at least 4 members (excludes halogenated alkanes) is 12. The molecule has 0 aliphatic carbocycles. The van der Waals surface area contributed by atoms with Crippen molar-refractivity contribution in [3.05, 3.63) is 0 Å². The number of carbonyl (C=O) groups is 3. The van der Waals surface area contributed by atoms with Crippen LogP contribution < -0.4 is 0 Å². The van der Waals surface area contributed by atoms with Crippen LogP contribution >= 0.6 is 0 Å². The maximum Gasteiger partial charge on any atom is 0.306 e. The number of hydrogen-bond acceptors (Lipinski definition) is 24.